The van der Waals surface area contributed by atoms with Crippen LogP contribution in [0.5, 0.6) is 11.5 Å². The molecule has 0 unspecified atom stereocenters. The average Bonchev–Trinajstić information content (AvgIpc) is 2.55. The van der Waals surface area contributed by atoms with Gasteiger partial charge in [0.25, 0.3) is 0 Å². The van der Waals surface area contributed by atoms with Crippen LogP contribution in [0.3, 0.4) is 0 Å². The number of aromatic carboxylic acids is 1. The summed E-state index contributed by atoms with van der Waals surface area (Å²) in [5.41, 5.74) is 1.11. The Morgan fingerprint density at radius 3 is 2.12 bits per heavy atom. The molecule has 0 spiro atoms. The van der Waals surface area contributed by atoms with E-state index in [0.717, 1.165) is 56.9 Å². The predicted octanol–water partition coefficient (Wildman–Crippen LogP) is 5.48. The molecule has 4 nitrogen and oxygen atoms in total. The molecule has 0 aromatic heterocycles. The summed E-state index contributed by atoms with van der Waals surface area (Å²) in [6.45, 7) is 7.52. The summed E-state index contributed by atoms with van der Waals surface area (Å²) in [7, 11) is 0. The molecule has 1 aromatic rings. The second-order valence-electron chi connectivity index (χ2n) is 6.12. The molecule has 1 aromatic carbocycles. The Hall–Kier alpha value is -1.71. The lowest BCUT2D eigenvalue weighted by Gasteiger charge is -2.16. The van der Waals surface area contributed by atoms with Crippen LogP contribution < -0.4 is 9.47 Å². The summed E-state index contributed by atoms with van der Waals surface area (Å²) in [5.74, 6) is 0.232. The van der Waals surface area contributed by atoms with Gasteiger partial charge in [0.15, 0.2) is 0 Å². The molecule has 0 aliphatic heterocycles. The maximum atomic E-state index is 11.8. The van der Waals surface area contributed by atoms with Gasteiger partial charge in [-0.3, -0.25) is 0 Å². The number of rotatable bonds is 13. The van der Waals surface area contributed by atoms with E-state index >= 15 is 0 Å². The number of benzene rings is 1. The molecule has 0 heterocycles. The number of hydrogen-bond donors (Lipinski definition) is 1. The van der Waals surface area contributed by atoms with Crippen LogP contribution in [0, 0.1) is 0 Å². The van der Waals surface area contributed by atoms with Gasteiger partial charge < -0.3 is 14.6 Å². The van der Waals surface area contributed by atoms with E-state index in [2.05, 4.69) is 20.8 Å². The van der Waals surface area contributed by atoms with Crippen molar-refractivity contribution in [2.24, 2.45) is 0 Å². The van der Waals surface area contributed by atoms with Gasteiger partial charge in [-0.1, -0.05) is 46.5 Å². The van der Waals surface area contributed by atoms with Crippen LogP contribution in [0.1, 0.15) is 81.6 Å². The molecule has 1 rings (SSSR count). The van der Waals surface area contributed by atoms with Crippen LogP contribution in [-0.4, -0.2) is 24.3 Å². The number of aryl methyl sites for hydroxylation is 1. The predicted molar refractivity (Wildman–Crippen MR) is 97.4 cm³/mol. The third-order valence-electron chi connectivity index (χ3n) is 3.94. The maximum absolute atomic E-state index is 11.8. The number of carbonyl (C=O) groups is 1. The van der Waals surface area contributed by atoms with Gasteiger partial charge in [-0.05, 0) is 37.3 Å². The summed E-state index contributed by atoms with van der Waals surface area (Å²) in [6, 6.07) is 3.61. The highest BCUT2D eigenvalue weighted by Gasteiger charge is 2.19. The fraction of sp³-hybridized carbons (Fsp3) is 0.650. The van der Waals surface area contributed by atoms with Crippen LogP contribution in [0.4, 0.5) is 0 Å². The Balaban J connectivity index is 3.06. The Bertz CT molecular complexity index is 465. The normalized spacial score (nSPS) is 10.6. The fourth-order valence-electron chi connectivity index (χ4n) is 2.51. The average molecular weight is 336 g/mol. The molecular weight excluding hydrogens is 304 g/mol. The molecule has 136 valence electrons. The highest BCUT2D eigenvalue weighted by molar-refractivity contribution is 5.93. The molecule has 1 N–H and O–H groups in total. The number of hydrogen-bond acceptors (Lipinski definition) is 3. The Kier molecular flexibility index (Phi) is 9.97. The van der Waals surface area contributed by atoms with Crippen LogP contribution in [0.15, 0.2) is 12.1 Å². The first-order valence-corrected chi connectivity index (χ1v) is 9.29. The number of ether oxygens (including phenoxy) is 2. The topological polar surface area (TPSA) is 55.8 Å². The van der Waals surface area contributed by atoms with Gasteiger partial charge in [0, 0.05) is 6.07 Å². The van der Waals surface area contributed by atoms with Gasteiger partial charge in [-0.25, -0.2) is 4.79 Å². The molecule has 0 radical (unpaired) electrons. The lowest BCUT2D eigenvalue weighted by atomic mass is 10.00. The van der Waals surface area contributed by atoms with E-state index in [1.807, 2.05) is 6.07 Å². The highest BCUT2D eigenvalue weighted by Crippen LogP contribution is 2.31. The van der Waals surface area contributed by atoms with Gasteiger partial charge >= 0.3 is 5.97 Å². The van der Waals surface area contributed by atoms with Gasteiger partial charge in [-0.2, -0.15) is 0 Å². The second-order valence-corrected chi connectivity index (χ2v) is 6.12. The van der Waals surface area contributed by atoms with Crippen molar-refractivity contribution in [3.05, 3.63) is 23.3 Å². The highest BCUT2D eigenvalue weighted by atomic mass is 16.5. The van der Waals surface area contributed by atoms with Crippen LogP contribution in [0.2, 0.25) is 0 Å². The van der Waals surface area contributed by atoms with Crippen LogP contribution >= 0.6 is 0 Å². The van der Waals surface area contributed by atoms with Crippen molar-refractivity contribution in [3.8, 4) is 11.5 Å². The first-order valence-electron chi connectivity index (χ1n) is 9.29. The van der Waals surface area contributed by atoms with Gasteiger partial charge in [0.05, 0.1) is 13.2 Å². The first-order chi connectivity index (χ1) is 11.6. The minimum Gasteiger partial charge on any atom is -0.493 e. The lowest BCUT2D eigenvalue weighted by molar-refractivity contribution is 0.0690. The van der Waals surface area contributed by atoms with E-state index in [1.54, 1.807) is 6.07 Å². The molecular formula is C20H32O4. The molecule has 4 heteroatoms. The Morgan fingerprint density at radius 1 is 0.917 bits per heavy atom. The zero-order valence-electron chi connectivity index (χ0n) is 15.4. The summed E-state index contributed by atoms with van der Waals surface area (Å²) < 4.78 is 11.6. The molecule has 0 aliphatic carbocycles. The molecule has 24 heavy (non-hydrogen) atoms. The smallest absolute Gasteiger partial charge is 0.339 e. The van der Waals surface area contributed by atoms with Crippen molar-refractivity contribution < 1.29 is 19.4 Å². The van der Waals surface area contributed by atoms with Gasteiger partial charge in [0.1, 0.15) is 17.1 Å². The van der Waals surface area contributed by atoms with E-state index in [1.165, 1.54) is 0 Å². The van der Waals surface area contributed by atoms with Crippen molar-refractivity contribution in [2.45, 2.75) is 72.1 Å². The third kappa shape index (κ3) is 6.81. The molecule has 0 amide bonds. The van der Waals surface area contributed by atoms with Gasteiger partial charge in [0.2, 0.25) is 0 Å². The molecule has 0 saturated carbocycles. The van der Waals surface area contributed by atoms with Crippen molar-refractivity contribution in [1.29, 1.82) is 0 Å². The SMILES string of the molecule is CCCCCc1cc(OCCCC)cc(OCCCC)c1C(=O)O. The summed E-state index contributed by atoms with van der Waals surface area (Å²) in [4.78, 5) is 11.8. The number of carboxylic acids is 1. The molecule has 0 aliphatic rings. The minimum absolute atomic E-state index is 0.296. The Labute approximate surface area is 146 Å². The van der Waals surface area contributed by atoms with E-state index in [-0.39, 0.29) is 0 Å². The quantitative estimate of drug-likeness (QED) is 0.485. The monoisotopic (exact) mass is 336 g/mol. The zero-order valence-corrected chi connectivity index (χ0v) is 15.4. The van der Waals surface area contributed by atoms with E-state index in [9.17, 15) is 9.90 Å². The molecule has 0 atom stereocenters. The van der Waals surface area contributed by atoms with Crippen molar-refractivity contribution in [2.75, 3.05) is 13.2 Å². The van der Waals surface area contributed by atoms with Crippen LogP contribution in [0.25, 0.3) is 0 Å². The standard InChI is InChI=1S/C20H32O4/c1-4-7-10-11-16-14-17(23-12-8-5-2)15-18(19(16)20(21)22)24-13-9-6-3/h14-15H,4-13H2,1-3H3,(H,21,22). The number of unbranched alkanes of at least 4 members (excludes halogenated alkanes) is 4. The van der Waals surface area contributed by atoms with Crippen molar-refractivity contribution in [1.82, 2.24) is 0 Å². The van der Waals surface area contributed by atoms with E-state index in [4.69, 9.17) is 9.47 Å². The summed E-state index contributed by atoms with van der Waals surface area (Å²) in [6.07, 6.45) is 7.88. The van der Waals surface area contributed by atoms with Crippen molar-refractivity contribution >= 4 is 5.97 Å². The minimum atomic E-state index is -0.923. The maximum Gasteiger partial charge on any atom is 0.339 e. The second kappa shape index (κ2) is 11.8. The molecule has 0 saturated heterocycles. The van der Waals surface area contributed by atoms with E-state index < -0.39 is 5.97 Å². The summed E-state index contributed by atoms with van der Waals surface area (Å²) >= 11 is 0. The largest absolute Gasteiger partial charge is 0.493 e. The van der Waals surface area contributed by atoms with Crippen LogP contribution in [-0.2, 0) is 6.42 Å². The van der Waals surface area contributed by atoms with E-state index in [0.29, 0.717) is 30.3 Å². The number of carboxylic acid groups (broad SMARTS) is 1. The lowest BCUT2D eigenvalue weighted by Crippen LogP contribution is -2.09. The first kappa shape index (κ1) is 20.3. The zero-order chi connectivity index (χ0) is 17.8. The van der Waals surface area contributed by atoms with Gasteiger partial charge in [-0.15, -0.1) is 0 Å². The van der Waals surface area contributed by atoms with Crippen molar-refractivity contribution in [3.63, 3.8) is 0 Å². The molecule has 0 bridgehead atoms. The summed E-state index contributed by atoms with van der Waals surface area (Å²) in [5, 5.41) is 9.64. The fourth-order valence-corrected chi connectivity index (χ4v) is 2.51. The molecule has 0 fully saturated rings. The Morgan fingerprint density at radius 2 is 1.54 bits per heavy atom. The third-order valence-corrected chi connectivity index (χ3v) is 3.94.